The molecule has 1 amide bonds. The van der Waals surface area contributed by atoms with E-state index in [1.165, 1.54) is 0 Å². The van der Waals surface area contributed by atoms with Crippen LogP contribution < -0.4 is 0 Å². The molecule has 0 aliphatic carbocycles. The Bertz CT molecular complexity index is 328. The predicted octanol–water partition coefficient (Wildman–Crippen LogP) is 4.21. The van der Waals surface area contributed by atoms with Crippen LogP contribution in [0.25, 0.3) is 0 Å². The van der Waals surface area contributed by atoms with Crippen molar-refractivity contribution in [2.75, 3.05) is 13.1 Å². The minimum atomic E-state index is 0.0509. The SMILES string of the molecule is CC.CC.C\C=C/N=C1\C(=O)N(CC)CC\C1=C\C. The first-order valence-corrected chi connectivity index (χ1v) is 7.38. The molecule has 1 heterocycles. The quantitative estimate of drug-likeness (QED) is 0.737. The number of allylic oxidation sites excluding steroid dienone is 2. The van der Waals surface area contributed by atoms with Crippen LogP contribution in [0.2, 0.25) is 0 Å². The maximum Gasteiger partial charge on any atom is 0.272 e. The molecule has 1 saturated heterocycles. The Morgan fingerprint density at radius 1 is 1.21 bits per heavy atom. The summed E-state index contributed by atoms with van der Waals surface area (Å²) in [7, 11) is 0. The monoisotopic (exact) mass is 266 g/mol. The largest absolute Gasteiger partial charge is 0.337 e. The number of hydrogen-bond donors (Lipinski definition) is 0. The minimum absolute atomic E-state index is 0.0509. The second-order valence-corrected chi connectivity index (χ2v) is 3.41. The Morgan fingerprint density at radius 2 is 1.79 bits per heavy atom. The van der Waals surface area contributed by atoms with Crippen molar-refractivity contribution in [3.05, 3.63) is 23.9 Å². The van der Waals surface area contributed by atoms with Crippen molar-refractivity contribution in [3.8, 4) is 0 Å². The van der Waals surface area contributed by atoms with E-state index in [0.717, 1.165) is 25.1 Å². The van der Waals surface area contributed by atoms with Crippen LogP contribution in [0.15, 0.2) is 28.9 Å². The Hall–Kier alpha value is -1.38. The van der Waals surface area contributed by atoms with E-state index in [0.29, 0.717) is 5.71 Å². The molecule has 19 heavy (non-hydrogen) atoms. The van der Waals surface area contributed by atoms with Gasteiger partial charge in [-0.05, 0) is 32.8 Å². The maximum absolute atomic E-state index is 12.0. The molecule has 0 saturated carbocycles. The lowest BCUT2D eigenvalue weighted by molar-refractivity contribution is -0.124. The number of amides is 1. The van der Waals surface area contributed by atoms with Gasteiger partial charge >= 0.3 is 0 Å². The lowest BCUT2D eigenvalue weighted by Gasteiger charge is -2.27. The lowest BCUT2D eigenvalue weighted by Crippen LogP contribution is -2.42. The summed E-state index contributed by atoms with van der Waals surface area (Å²) in [4.78, 5) is 18.0. The van der Waals surface area contributed by atoms with Gasteiger partial charge in [-0.1, -0.05) is 39.8 Å². The number of carbonyl (C=O) groups is 1. The van der Waals surface area contributed by atoms with Crippen molar-refractivity contribution >= 4 is 11.6 Å². The average molecular weight is 266 g/mol. The van der Waals surface area contributed by atoms with E-state index in [1.54, 1.807) is 6.20 Å². The molecule has 0 N–H and O–H groups in total. The molecule has 0 aromatic carbocycles. The van der Waals surface area contributed by atoms with Crippen LogP contribution in [0.3, 0.4) is 0 Å². The van der Waals surface area contributed by atoms with E-state index in [9.17, 15) is 4.79 Å². The van der Waals surface area contributed by atoms with Gasteiger partial charge in [-0.2, -0.15) is 0 Å². The van der Waals surface area contributed by atoms with Crippen molar-refractivity contribution in [3.63, 3.8) is 0 Å². The Labute approximate surface area is 119 Å². The molecular formula is C16H30N2O. The number of piperidine rings is 1. The summed E-state index contributed by atoms with van der Waals surface area (Å²) in [6.45, 7) is 15.4. The smallest absolute Gasteiger partial charge is 0.272 e. The summed E-state index contributed by atoms with van der Waals surface area (Å²) in [5.41, 5.74) is 1.66. The summed E-state index contributed by atoms with van der Waals surface area (Å²) in [5, 5.41) is 0. The fourth-order valence-electron chi connectivity index (χ4n) is 1.63. The van der Waals surface area contributed by atoms with Gasteiger partial charge in [0.1, 0.15) is 5.71 Å². The molecule has 1 aliphatic rings. The standard InChI is InChI=1S/C12H18N2O.2C2H6/c1-4-8-13-11-10(5-2)7-9-14(6-3)12(11)15;2*1-2/h4-5,8H,6-7,9H2,1-3H3;2*1-2H3/b8-4-,10-5-,13-11-;;. The third-order valence-electron chi connectivity index (χ3n) is 2.53. The zero-order valence-corrected chi connectivity index (χ0v) is 13.7. The summed E-state index contributed by atoms with van der Waals surface area (Å²) in [6, 6.07) is 0. The molecule has 0 unspecified atom stereocenters. The van der Waals surface area contributed by atoms with Crippen LogP contribution in [0.5, 0.6) is 0 Å². The van der Waals surface area contributed by atoms with Crippen LogP contribution in [-0.4, -0.2) is 29.6 Å². The molecule has 1 aliphatic heterocycles. The van der Waals surface area contributed by atoms with Gasteiger partial charge in [0.2, 0.25) is 0 Å². The van der Waals surface area contributed by atoms with E-state index in [-0.39, 0.29) is 5.91 Å². The van der Waals surface area contributed by atoms with Gasteiger partial charge in [-0.3, -0.25) is 9.79 Å². The average Bonchev–Trinajstić information content (AvgIpc) is 2.49. The fraction of sp³-hybridized carbons (Fsp3) is 0.625. The zero-order chi connectivity index (χ0) is 15.3. The van der Waals surface area contributed by atoms with Gasteiger partial charge < -0.3 is 4.90 Å². The van der Waals surface area contributed by atoms with Gasteiger partial charge in [-0.25, -0.2) is 0 Å². The second kappa shape index (κ2) is 13.1. The molecule has 110 valence electrons. The maximum atomic E-state index is 12.0. The number of rotatable bonds is 2. The highest BCUT2D eigenvalue weighted by molar-refractivity contribution is 6.46. The molecule has 0 bridgehead atoms. The Morgan fingerprint density at radius 3 is 2.21 bits per heavy atom. The first-order valence-electron chi connectivity index (χ1n) is 7.38. The normalized spacial score (nSPS) is 19.1. The van der Waals surface area contributed by atoms with E-state index in [2.05, 4.69) is 4.99 Å². The van der Waals surface area contributed by atoms with Crippen molar-refractivity contribution in [1.29, 1.82) is 0 Å². The third kappa shape index (κ3) is 6.37. The fourth-order valence-corrected chi connectivity index (χ4v) is 1.63. The highest BCUT2D eigenvalue weighted by atomic mass is 16.2. The van der Waals surface area contributed by atoms with Crippen LogP contribution in [0, 0.1) is 0 Å². The van der Waals surface area contributed by atoms with Gasteiger partial charge in [-0.15, -0.1) is 0 Å². The molecule has 0 radical (unpaired) electrons. The second-order valence-electron chi connectivity index (χ2n) is 3.41. The lowest BCUT2D eigenvalue weighted by atomic mass is 10.0. The van der Waals surface area contributed by atoms with E-state index < -0.39 is 0 Å². The van der Waals surface area contributed by atoms with Gasteiger partial charge in [0.05, 0.1) is 0 Å². The molecule has 0 aromatic heterocycles. The minimum Gasteiger partial charge on any atom is -0.337 e. The van der Waals surface area contributed by atoms with Crippen molar-refractivity contribution in [2.45, 2.75) is 54.9 Å². The predicted molar refractivity (Wildman–Crippen MR) is 85.6 cm³/mol. The van der Waals surface area contributed by atoms with Crippen molar-refractivity contribution in [2.24, 2.45) is 4.99 Å². The molecular weight excluding hydrogens is 236 g/mol. The molecule has 0 spiro atoms. The Kier molecular flexibility index (Phi) is 13.7. The van der Waals surface area contributed by atoms with Crippen LogP contribution in [0.4, 0.5) is 0 Å². The molecule has 0 atom stereocenters. The number of hydrogen-bond acceptors (Lipinski definition) is 2. The van der Waals surface area contributed by atoms with Gasteiger partial charge in [0.25, 0.3) is 5.91 Å². The van der Waals surface area contributed by atoms with Gasteiger partial charge in [0, 0.05) is 19.3 Å². The van der Waals surface area contributed by atoms with Crippen molar-refractivity contribution in [1.82, 2.24) is 4.90 Å². The van der Waals surface area contributed by atoms with Crippen LogP contribution in [-0.2, 0) is 4.79 Å². The first-order chi connectivity index (χ1) is 9.24. The summed E-state index contributed by atoms with van der Waals surface area (Å²) >= 11 is 0. The van der Waals surface area contributed by atoms with Gasteiger partial charge in [0.15, 0.2) is 0 Å². The molecule has 3 nitrogen and oxygen atoms in total. The molecule has 1 fully saturated rings. The summed E-state index contributed by atoms with van der Waals surface area (Å²) in [5.74, 6) is 0.0509. The van der Waals surface area contributed by atoms with E-state index in [1.807, 2.05) is 65.5 Å². The van der Waals surface area contributed by atoms with Crippen LogP contribution >= 0.6 is 0 Å². The number of likely N-dealkylation sites (tertiary alicyclic amines) is 1. The zero-order valence-electron chi connectivity index (χ0n) is 13.7. The number of aliphatic imine (C=N–C) groups is 1. The first kappa shape index (κ1) is 19.9. The van der Waals surface area contributed by atoms with E-state index >= 15 is 0 Å². The highest BCUT2D eigenvalue weighted by Gasteiger charge is 2.26. The summed E-state index contributed by atoms with van der Waals surface area (Å²) in [6.07, 6.45) is 6.40. The third-order valence-corrected chi connectivity index (χ3v) is 2.53. The topological polar surface area (TPSA) is 32.7 Å². The van der Waals surface area contributed by atoms with Crippen LogP contribution in [0.1, 0.15) is 54.9 Å². The van der Waals surface area contributed by atoms with E-state index in [4.69, 9.17) is 0 Å². The Balaban J connectivity index is 0. The highest BCUT2D eigenvalue weighted by Crippen LogP contribution is 2.15. The van der Waals surface area contributed by atoms with Crippen molar-refractivity contribution < 1.29 is 4.79 Å². The molecule has 3 heteroatoms. The molecule has 0 aromatic rings. The number of nitrogens with zero attached hydrogens (tertiary/aromatic N) is 2. The number of carbonyl (C=O) groups excluding carboxylic acids is 1. The summed E-state index contributed by atoms with van der Waals surface area (Å²) < 4.78 is 0. The molecule has 1 rings (SSSR count).